The largest absolute Gasteiger partial charge is 0.329 e. The number of hydrogen-bond acceptors (Lipinski definition) is 5. The van der Waals surface area contributed by atoms with Gasteiger partial charge in [0.2, 0.25) is 5.91 Å². The maximum absolute atomic E-state index is 12.0. The van der Waals surface area contributed by atoms with Crippen molar-refractivity contribution in [2.75, 3.05) is 5.32 Å². The average Bonchev–Trinajstić information content (AvgIpc) is 3.27. The first-order valence-electron chi connectivity index (χ1n) is 7.73. The van der Waals surface area contributed by atoms with Crippen molar-refractivity contribution >= 4 is 40.5 Å². The molecule has 3 aromatic rings. The molecule has 0 radical (unpaired) electrons. The number of aromatic nitrogens is 2. The van der Waals surface area contributed by atoms with E-state index in [9.17, 15) is 9.59 Å². The minimum atomic E-state index is -0.158. The van der Waals surface area contributed by atoms with E-state index in [1.165, 1.54) is 11.3 Å². The molecule has 1 N–H and O–H groups in total. The van der Waals surface area contributed by atoms with Crippen molar-refractivity contribution in [2.24, 2.45) is 7.05 Å². The standard InChI is InChI=1S/C18H17N3O2S2/c1-21-11-10-19-18(21)25-14-6-4-13(5-7-14)20-17(23)9-8-15(22)16-3-2-12-24-16/h2-7,10-12H,8-9H2,1H3,(H,20,23). The number of amides is 1. The Balaban J connectivity index is 1.50. The third kappa shape index (κ3) is 4.80. The summed E-state index contributed by atoms with van der Waals surface area (Å²) in [4.78, 5) is 29.9. The van der Waals surface area contributed by atoms with E-state index < -0.39 is 0 Å². The normalized spacial score (nSPS) is 10.6. The van der Waals surface area contributed by atoms with Crippen LogP contribution in [0.2, 0.25) is 0 Å². The number of imidazole rings is 1. The van der Waals surface area contributed by atoms with Crippen molar-refractivity contribution in [2.45, 2.75) is 22.9 Å². The fraction of sp³-hybridized carbons (Fsp3) is 0.167. The zero-order chi connectivity index (χ0) is 17.6. The van der Waals surface area contributed by atoms with Crippen molar-refractivity contribution in [3.63, 3.8) is 0 Å². The van der Waals surface area contributed by atoms with Crippen molar-refractivity contribution in [3.8, 4) is 0 Å². The summed E-state index contributed by atoms with van der Waals surface area (Å²) in [5.74, 6) is -0.152. The monoisotopic (exact) mass is 371 g/mol. The van der Waals surface area contributed by atoms with Gasteiger partial charge in [-0.3, -0.25) is 9.59 Å². The highest BCUT2D eigenvalue weighted by molar-refractivity contribution is 7.99. The maximum Gasteiger partial charge on any atom is 0.224 e. The Morgan fingerprint density at radius 1 is 1.20 bits per heavy atom. The van der Waals surface area contributed by atoms with Gasteiger partial charge in [-0.15, -0.1) is 11.3 Å². The Morgan fingerprint density at radius 2 is 2.00 bits per heavy atom. The first-order valence-corrected chi connectivity index (χ1v) is 9.43. The number of nitrogens with zero attached hydrogens (tertiary/aromatic N) is 2. The van der Waals surface area contributed by atoms with Crippen molar-refractivity contribution in [1.82, 2.24) is 9.55 Å². The molecule has 1 amide bonds. The van der Waals surface area contributed by atoms with Gasteiger partial charge >= 0.3 is 0 Å². The number of aryl methyl sites for hydroxylation is 1. The zero-order valence-electron chi connectivity index (χ0n) is 13.6. The number of carbonyl (C=O) groups is 2. The Hall–Kier alpha value is -2.38. The van der Waals surface area contributed by atoms with Crippen molar-refractivity contribution in [3.05, 3.63) is 59.0 Å². The number of hydrogen-bond donors (Lipinski definition) is 1. The minimum Gasteiger partial charge on any atom is -0.329 e. The average molecular weight is 371 g/mol. The van der Waals surface area contributed by atoms with Gasteiger partial charge in [-0.1, -0.05) is 17.8 Å². The number of nitrogens with one attached hydrogen (secondary N) is 1. The molecule has 0 unspecified atom stereocenters. The molecule has 0 aliphatic rings. The van der Waals surface area contributed by atoms with E-state index in [1.54, 1.807) is 24.0 Å². The van der Waals surface area contributed by atoms with E-state index in [4.69, 9.17) is 0 Å². The van der Waals surface area contributed by atoms with Gasteiger partial charge in [-0.05, 0) is 35.7 Å². The van der Waals surface area contributed by atoms with Crippen LogP contribution in [0.4, 0.5) is 5.69 Å². The van der Waals surface area contributed by atoms with E-state index >= 15 is 0 Å². The molecule has 0 saturated heterocycles. The lowest BCUT2D eigenvalue weighted by atomic mass is 10.2. The van der Waals surface area contributed by atoms with Crippen LogP contribution >= 0.6 is 23.1 Å². The van der Waals surface area contributed by atoms with Gasteiger partial charge in [0.05, 0.1) is 4.88 Å². The van der Waals surface area contributed by atoms with Crippen molar-refractivity contribution < 1.29 is 9.59 Å². The topological polar surface area (TPSA) is 64.0 Å². The first kappa shape index (κ1) is 17.4. The van der Waals surface area contributed by atoms with E-state index in [0.29, 0.717) is 4.88 Å². The Labute approximate surface area is 154 Å². The fourth-order valence-corrected chi connectivity index (χ4v) is 3.67. The summed E-state index contributed by atoms with van der Waals surface area (Å²) in [5.41, 5.74) is 0.720. The smallest absolute Gasteiger partial charge is 0.224 e. The van der Waals surface area contributed by atoms with Gasteiger partial charge in [0.15, 0.2) is 10.9 Å². The Kier molecular flexibility index (Phi) is 5.67. The second kappa shape index (κ2) is 8.13. The van der Waals surface area contributed by atoms with Gasteiger partial charge < -0.3 is 9.88 Å². The van der Waals surface area contributed by atoms with Gasteiger partial charge in [-0.25, -0.2) is 4.98 Å². The molecule has 0 spiro atoms. The quantitative estimate of drug-likeness (QED) is 0.631. The summed E-state index contributed by atoms with van der Waals surface area (Å²) in [5, 5.41) is 5.59. The van der Waals surface area contributed by atoms with E-state index in [1.807, 2.05) is 53.5 Å². The number of carbonyl (C=O) groups excluding carboxylic acids is 2. The number of Topliss-reactive ketones (excluding diaryl/α,β-unsaturated/α-hetero) is 1. The molecule has 25 heavy (non-hydrogen) atoms. The maximum atomic E-state index is 12.0. The molecule has 0 saturated carbocycles. The lowest BCUT2D eigenvalue weighted by Crippen LogP contribution is -2.13. The van der Waals surface area contributed by atoms with Crippen LogP contribution in [0.1, 0.15) is 22.5 Å². The van der Waals surface area contributed by atoms with Crippen LogP contribution in [0.3, 0.4) is 0 Å². The van der Waals surface area contributed by atoms with Crippen LogP contribution < -0.4 is 5.32 Å². The predicted molar refractivity (Wildman–Crippen MR) is 100 cm³/mol. The molecule has 3 rings (SSSR count). The molecular weight excluding hydrogens is 354 g/mol. The third-order valence-electron chi connectivity index (χ3n) is 3.50. The molecule has 0 atom stereocenters. The molecule has 128 valence electrons. The molecule has 0 bridgehead atoms. The van der Waals surface area contributed by atoms with Crippen LogP contribution in [-0.2, 0) is 11.8 Å². The number of ketones is 1. The molecular formula is C18H17N3O2S2. The highest BCUT2D eigenvalue weighted by atomic mass is 32.2. The number of anilines is 1. The van der Waals surface area contributed by atoms with Crippen LogP contribution in [0.15, 0.2) is 64.2 Å². The lowest BCUT2D eigenvalue weighted by Gasteiger charge is -2.06. The summed E-state index contributed by atoms with van der Waals surface area (Å²) in [6, 6.07) is 11.2. The Morgan fingerprint density at radius 3 is 2.64 bits per heavy atom. The van der Waals surface area contributed by atoms with Gasteiger partial charge in [-0.2, -0.15) is 0 Å². The molecule has 2 heterocycles. The van der Waals surface area contributed by atoms with Crippen LogP contribution in [0, 0.1) is 0 Å². The molecule has 0 aliphatic carbocycles. The molecule has 1 aromatic carbocycles. The first-order chi connectivity index (χ1) is 12.1. The van der Waals surface area contributed by atoms with Crippen LogP contribution in [-0.4, -0.2) is 21.2 Å². The number of thiophene rings is 1. The molecule has 5 nitrogen and oxygen atoms in total. The van der Waals surface area contributed by atoms with E-state index in [2.05, 4.69) is 10.3 Å². The van der Waals surface area contributed by atoms with Gasteiger partial charge in [0.1, 0.15) is 0 Å². The molecule has 7 heteroatoms. The summed E-state index contributed by atoms with van der Waals surface area (Å²) in [7, 11) is 1.95. The predicted octanol–water partition coefficient (Wildman–Crippen LogP) is 4.23. The highest BCUT2D eigenvalue weighted by Crippen LogP contribution is 2.26. The third-order valence-corrected chi connectivity index (χ3v) is 5.49. The van der Waals surface area contributed by atoms with Crippen LogP contribution in [0.25, 0.3) is 0 Å². The van der Waals surface area contributed by atoms with E-state index in [0.717, 1.165) is 15.7 Å². The molecule has 0 aliphatic heterocycles. The Bertz CT molecular complexity index is 855. The minimum absolute atomic E-state index is 0.00645. The molecule has 0 fully saturated rings. The van der Waals surface area contributed by atoms with Crippen molar-refractivity contribution in [1.29, 1.82) is 0 Å². The molecule has 2 aromatic heterocycles. The summed E-state index contributed by atoms with van der Waals surface area (Å²) < 4.78 is 1.95. The summed E-state index contributed by atoms with van der Waals surface area (Å²) in [6.45, 7) is 0. The van der Waals surface area contributed by atoms with E-state index in [-0.39, 0.29) is 24.5 Å². The summed E-state index contributed by atoms with van der Waals surface area (Å²) in [6.07, 6.45) is 4.06. The SMILES string of the molecule is Cn1ccnc1Sc1ccc(NC(=O)CCC(=O)c2cccs2)cc1. The number of rotatable bonds is 7. The number of benzene rings is 1. The highest BCUT2D eigenvalue weighted by Gasteiger charge is 2.10. The second-order valence-corrected chi connectivity index (χ2v) is 7.38. The lowest BCUT2D eigenvalue weighted by molar-refractivity contribution is -0.116. The van der Waals surface area contributed by atoms with Gasteiger partial charge in [0, 0.05) is 42.9 Å². The van der Waals surface area contributed by atoms with Gasteiger partial charge in [0.25, 0.3) is 0 Å². The van der Waals surface area contributed by atoms with Crippen LogP contribution in [0.5, 0.6) is 0 Å². The fourth-order valence-electron chi connectivity index (χ4n) is 2.17. The zero-order valence-corrected chi connectivity index (χ0v) is 15.3. The second-order valence-electron chi connectivity index (χ2n) is 5.40. The summed E-state index contributed by atoms with van der Waals surface area (Å²) >= 11 is 2.96.